The number of rotatable bonds is 5. The lowest BCUT2D eigenvalue weighted by Gasteiger charge is -2.37. The molecule has 1 aliphatic heterocycles. The number of para-hydroxylation sites is 1. The fourth-order valence-corrected chi connectivity index (χ4v) is 4.92. The van der Waals surface area contributed by atoms with Gasteiger partial charge in [0.05, 0.1) is 11.7 Å². The van der Waals surface area contributed by atoms with Gasteiger partial charge in [-0.3, -0.25) is 4.90 Å². The normalized spacial score (nSPS) is 23.8. The van der Waals surface area contributed by atoms with Crippen molar-refractivity contribution >= 4 is 12.6 Å². The smallest absolute Gasteiger partial charge is 0.177 e. The van der Waals surface area contributed by atoms with E-state index >= 15 is 0 Å². The minimum absolute atomic E-state index is 0.0996. The van der Waals surface area contributed by atoms with Crippen LogP contribution in [-0.4, -0.2) is 42.9 Å². The van der Waals surface area contributed by atoms with Crippen molar-refractivity contribution < 1.29 is 0 Å². The predicted octanol–water partition coefficient (Wildman–Crippen LogP) is 4.77. The predicted molar refractivity (Wildman–Crippen MR) is 121 cm³/mol. The Hall–Kier alpha value is -1.92. The third-order valence-electron chi connectivity index (χ3n) is 6.57. The lowest BCUT2D eigenvalue weighted by molar-refractivity contribution is 0.255. The molecule has 5 nitrogen and oxygen atoms in total. The number of aryl methyl sites for hydroxylation is 2. The Bertz CT molecular complexity index is 920. The van der Waals surface area contributed by atoms with Crippen molar-refractivity contribution in [3.8, 4) is 5.69 Å². The zero-order chi connectivity index (χ0) is 20.6. The van der Waals surface area contributed by atoms with Gasteiger partial charge in [-0.1, -0.05) is 36.4 Å². The molecule has 1 saturated heterocycles. The minimum Gasteiger partial charge on any atom is -0.290 e. The Morgan fingerprint density at radius 3 is 2.48 bits per heavy atom. The van der Waals surface area contributed by atoms with Crippen molar-refractivity contribution in [3.05, 3.63) is 59.0 Å². The van der Waals surface area contributed by atoms with E-state index in [4.69, 9.17) is 12.6 Å². The van der Waals surface area contributed by atoms with Crippen LogP contribution >= 0.6 is 12.6 Å². The molecule has 2 heterocycles. The summed E-state index contributed by atoms with van der Waals surface area (Å²) in [5.74, 6) is 0.928. The number of hydrogen-bond acceptors (Lipinski definition) is 5. The number of hydrogen-bond donors (Lipinski definition) is 1. The van der Waals surface area contributed by atoms with Crippen LogP contribution in [0.3, 0.4) is 0 Å². The lowest BCUT2D eigenvalue weighted by atomic mass is 9.82. The lowest BCUT2D eigenvalue weighted by Crippen LogP contribution is -2.33. The molecule has 4 rings (SSSR count). The fraction of sp³-hybridized carbons (Fsp3) is 0.522. The highest BCUT2D eigenvalue weighted by molar-refractivity contribution is 7.82. The summed E-state index contributed by atoms with van der Waals surface area (Å²) in [6, 6.07) is 6.46. The molecule has 6 heteroatoms. The van der Waals surface area contributed by atoms with Crippen LogP contribution < -0.4 is 0 Å². The van der Waals surface area contributed by atoms with Gasteiger partial charge in [0.25, 0.3) is 0 Å². The minimum atomic E-state index is -0.0996. The van der Waals surface area contributed by atoms with E-state index in [1.54, 1.807) is 0 Å². The van der Waals surface area contributed by atoms with E-state index < -0.39 is 0 Å². The molecule has 1 aliphatic carbocycles. The fourth-order valence-electron chi connectivity index (χ4n) is 4.72. The highest BCUT2D eigenvalue weighted by atomic mass is 32.1. The van der Waals surface area contributed by atoms with Crippen LogP contribution in [0.2, 0.25) is 0 Å². The van der Waals surface area contributed by atoms with Gasteiger partial charge < -0.3 is 0 Å². The second-order valence-corrected chi connectivity index (χ2v) is 9.49. The van der Waals surface area contributed by atoms with E-state index in [2.05, 4.69) is 72.1 Å². The van der Waals surface area contributed by atoms with E-state index in [1.165, 1.54) is 29.5 Å². The summed E-state index contributed by atoms with van der Waals surface area (Å²) in [6.45, 7) is 12.7. The number of nitrogens with zero attached hydrogens (tertiary/aromatic N) is 5. The Balaban J connectivity index is 1.77. The SMILES string of the molecule is C=C(C)C1(S)CC=C(C(c2nnnn2-c2c(C)cccc2C)N2CCCC2)CC1. The molecule has 0 saturated carbocycles. The maximum atomic E-state index is 4.94. The summed E-state index contributed by atoms with van der Waals surface area (Å²) in [4.78, 5) is 2.55. The van der Waals surface area contributed by atoms with Crippen LogP contribution in [0.1, 0.15) is 62.0 Å². The third kappa shape index (κ3) is 3.80. The second kappa shape index (κ2) is 8.07. The monoisotopic (exact) mass is 409 g/mol. The van der Waals surface area contributed by atoms with Crippen LogP contribution in [-0.2, 0) is 0 Å². The third-order valence-corrected chi connectivity index (χ3v) is 7.36. The molecule has 2 aliphatic rings. The second-order valence-electron chi connectivity index (χ2n) is 8.63. The maximum absolute atomic E-state index is 4.94. The summed E-state index contributed by atoms with van der Waals surface area (Å²) in [7, 11) is 0. The molecule has 29 heavy (non-hydrogen) atoms. The van der Waals surface area contributed by atoms with Gasteiger partial charge in [0.15, 0.2) is 5.82 Å². The molecule has 1 aromatic carbocycles. The molecule has 0 bridgehead atoms. The Kier molecular flexibility index (Phi) is 5.67. The van der Waals surface area contributed by atoms with Crippen LogP contribution in [0.15, 0.2) is 42.0 Å². The van der Waals surface area contributed by atoms with Gasteiger partial charge in [-0.25, -0.2) is 0 Å². The highest BCUT2D eigenvalue weighted by Gasteiger charge is 2.36. The largest absolute Gasteiger partial charge is 0.290 e. The molecule has 2 atom stereocenters. The van der Waals surface area contributed by atoms with E-state index in [1.807, 2.05) is 4.68 Å². The number of allylic oxidation sites excluding steroid dienone is 1. The first kappa shape index (κ1) is 20.4. The summed E-state index contributed by atoms with van der Waals surface area (Å²) in [5.41, 5.74) is 6.04. The standard InChI is InChI=1S/C23H31N5S/c1-16(2)23(29)12-10-19(11-13-23)21(27-14-5-6-15-27)22-24-25-26-28(22)20-17(3)8-7-9-18(20)4/h7-10,21,29H,1,5-6,11-15H2,2-4H3. The molecule has 0 amide bonds. The molecule has 0 radical (unpaired) electrons. The van der Waals surface area contributed by atoms with Gasteiger partial charge in [0, 0.05) is 4.75 Å². The molecule has 2 unspecified atom stereocenters. The van der Waals surface area contributed by atoms with E-state index in [-0.39, 0.29) is 10.8 Å². The van der Waals surface area contributed by atoms with Crippen molar-refractivity contribution in [3.63, 3.8) is 0 Å². The van der Waals surface area contributed by atoms with Crippen LogP contribution in [0.4, 0.5) is 0 Å². The molecular formula is C23H31N5S. The maximum Gasteiger partial charge on any atom is 0.177 e. The highest BCUT2D eigenvalue weighted by Crippen LogP contribution is 2.43. The van der Waals surface area contributed by atoms with Crippen LogP contribution in [0.5, 0.6) is 0 Å². The van der Waals surface area contributed by atoms with Crippen molar-refractivity contribution in [2.24, 2.45) is 0 Å². The first-order chi connectivity index (χ1) is 13.9. The number of likely N-dealkylation sites (tertiary alicyclic amines) is 1. The molecule has 1 aromatic heterocycles. The Morgan fingerprint density at radius 2 is 1.90 bits per heavy atom. The summed E-state index contributed by atoms with van der Waals surface area (Å²) >= 11 is 4.94. The molecule has 0 spiro atoms. The first-order valence-corrected chi connectivity index (χ1v) is 11.0. The van der Waals surface area contributed by atoms with Crippen molar-refractivity contribution in [2.45, 2.75) is 63.7 Å². The first-order valence-electron chi connectivity index (χ1n) is 10.6. The van der Waals surface area contributed by atoms with Gasteiger partial charge in [0.2, 0.25) is 0 Å². The number of thiol groups is 1. The quantitative estimate of drug-likeness (QED) is 0.571. The molecule has 154 valence electrons. The molecular weight excluding hydrogens is 378 g/mol. The van der Waals surface area contributed by atoms with Gasteiger partial charge in [-0.05, 0) is 93.1 Å². The molecule has 1 fully saturated rings. The average Bonchev–Trinajstić information content (AvgIpc) is 3.37. The van der Waals surface area contributed by atoms with Crippen molar-refractivity contribution in [2.75, 3.05) is 13.1 Å². The van der Waals surface area contributed by atoms with Gasteiger partial charge >= 0.3 is 0 Å². The Morgan fingerprint density at radius 1 is 1.21 bits per heavy atom. The molecule has 0 N–H and O–H groups in total. The van der Waals surface area contributed by atoms with Gasteiger partial charge in [0.1, 0.15) is 0 Å². The van der Waals surface area contributed by atoms with E-state index in [9.17, 15) is 0 Å². The van der Waals surface area contributed by atoms with Crippen molar-refractivity contribution in [1.82, 2.24) is 25.1 Å². The molecule has 2 aromatic rings. The summed E-state index contributed by atoms with van der Waals surface area (Å²) < 4.78 is 1.87. The van der Waals surface area contributed by atoms with Crippen LogP contribution in [0, 0.1) is 13.8 Å². The van der Waals surface area contributed by atoms with Crippen molar-refractivity contribution in [1.29, 1.82) is 0 Å². The summed E-state index contributed by atoms with van der Waals surface area (Å²) in [6.07, 6.45) is 7.76. The number of benzene rings is 1. The Labute approximate surface area is 179 Å². The zero-order valence-corrected chi connectivity index (χ0v) is 18.6. The number of aromatic nitrogens is 4. The van der Waals surface area contributed by atoms with E-state index in [0.29, 0.717) is 0 Å². The average molecular weight is 410 g/mol. The number of tetrazole rings is 1. The topological polar surface area (TPSA) is 46.8 Å². The zero-order valence-electron chi connectivity index (χ0n) is 17.7. The van der Waals surface area contributed by atoms with Gasteiger partial charge in [-0.15, -0.1) is 5.10 Å². The summed E-state index contributed by atoms with van der Waals surface area (Å²) in [5, 5.41) is 13.1. The van der Waals surface area contributed by atoms with Crippen LogP contribution in [0.25, 0.3) is 5.69 Å². The van der Waals surface area contributed by atoms with E-state index in [0.717, 1.165) is 49.4 Å². The van der Waals surface area contributed by atoms with Gasteiger partial charge in [-0.2, -0.15) is 17.3 Å².